The van der Waals surface area contributed by atoms with Crippen molar-refractivity contribution in [2.24, 2.45) is 5.92 Å². The maximum atomic E-state index is 15.6. The minimum absolute atomic E-state index is 0.0505. The Morgan fingerprint density at radius 1 is 1.41 bits per heavy atom. The minimum atomic E-state index is -1.37. The summed E-state index contributed by atoms with van der Waals surface area (Å²) in [5, 5.41) is 18.9. The van der Waals surface area contributed by atoms with E-state index in [9.17, 15) is 24.8 Å². The number of pyridine rings is 1. The number of benzene rings is 1. The molecule has 1 amide bonds. The Bertz CT molecular complexity index is 1360. The molecule has 4 rings (SSSR count). The van der Waals surface area contributed by atoms with E-state index in [1.165, 1.54) is 11.1 Å². The van der Waals surface area contributed by atoms with Gasteiger partial charge in [0.05, 0.1) is 35.5 Å². The van der Waals surface area contributed by atoms with E-state index in [1.807, 2.05) is 6.92 Å². The Morgan fingerprint density at radius 3 is 2.73 bits per heavy atom. The van der Waals surface area contributed by atoms with Crippen LogP contribution in [0.4, 0.5) is 14.9 Å². The highest BCUT2D eigenvalue weighted by Gasteiger charge is 2.38. The van der Waals surface area contributed by atoms with Crippen molar-refractivity contribution in [2.75, 3.05) is 31.6 Å². The van der Waals surface area contributed by atoms with Crippen molar-refractivity contribution in [2.45, 2.75) is 58.2 Å². The van der Waals surface area contributed by atoms with E-state index in [2.05, 4.69) is 6.07 Å². The quantitative estimate of drug-likeness (QED) is 0.639. The molecule has 198 valence electrons. The third kappa shape index (κ3) is 4.80. The molecule has 0 bridgehead atoms. The molecule has 1 fully saturated rings. The topological polar surface area (TPSA) is 125 Å². The summed E-state index contributed by atoms with van der Waals surface area (Å²) in [5.41, 5.74) is -1.34. The number of amides is 1. The maximum Gasteiger partial charge on any atom is 0.410 e. The lowest BCUT2D eigenvalue weighted by Gasteiger charge is -2.34. The number of aromatic carboxylic acids is 1. The lowest BCUT2D eigenvalue weighted by atomic mass is 9.95. The van der Waals surface area contributed by atoms with E-state index in [0.29, 0.717) is 25.0 Å². The molecule has 1 N–H and O–H groups in total. The molecular formula is C26H31FN4O6. The van der Waals surface area contributed by atoms with E-state index in [4.69, 9.17) is 9.47 Å². The zero-order valence-corrected chi connectivity index (χ0v) is 21.6. The molecule has 0 radical (unpaired) electrons. The summed E-state index contributed by atoms with van der Waals surface area (Å²) < 4.78 is 28.7. The van der Waals surface area contributed by atoms with Crippen LogP contribution in [0.5, 0.6) is 5.75 Å². The first-order chi connectivity index (χ1) is 17.3. The first-order valence-corrected chi connectivity index (χ1v) is 12.2. The van der Waals surface area contributed by atoms with Gasteiger partial charge >= 0.3 is 12.1 Å². The number of carboxylic acids is 1. The molecule has 1 aromatic heterocycles. The number of aromatic nitrogens is 1. The van der Waals surface area contributed by atoms with Gasteiger partial charge in [0.1, 0.15) is 23.5 Å². The average molecular weight is 515 g/mol. The van der Waals surface area contributed by atoms with Gasteiger partial charge in [0.2, 0.25) is 5.43 Å². The molecule has 11 heteroatoms. The Kier molecular flexibility index (Phi) is 6.79. The molecular weight excluding hydrogens is 483 g/mol. The van der Waals surface area contributed by atoms with Crippen LogP contribution in [0, 0.1) is 23.1 Å². The second-order valence-electron chi connectivity index (χ2n) is 10.7. The highest BCUT2D eigenvalue weighted by atomic mass is 19.1. The van der Waals surface area contributed by atoms with Gasteiger partial charge in [-0.2, -0.15) is 5.26 Å². The second-order valence-corrected chi connectivity index (χ2v) is 10.7. The Balaban J connectivity index is 1.72. The normalized spacial score (nSPS) is 19.8. The second kappa shape index (κ2) is 9.57. The van der Waals surface area contributed by atoms with Crippen molar-refractivity contribution in [1.29, 1.82) is 5.26 Å². The Hall–Kier alpha value is -3.81. The summed E-state index contributed by atoms with van der Waals surface area (Å²) in [6, 6.07) is 2.52. The van der Waals surface area contributed by atoms with Crippen molar-refractivity contribution in [3.63, 3.8) is 0 Å². The molecule has 3 atom stereocenters. The van der Waals surface area contributed by atoms with Gasteiger partial charge in [-0.15, -0.1) is 0 Å². The summed E-state index contributed by atoms with van der Waals surface area (Å²) >= 11 is 0. The molecule has 0 aliphatic carbocycles. The summed E-state index contributed by atoms with van der Waals surface area (Å²) in [5.74, 6) is -2.01. The molecule has 1 aromatic carbocycles. The Morgan fingerprint density at radius 2 is 2.11 bits per heavy atom. The number of carboxylic acid groups (broad SMARTS) is 1. The zero-order valence-electron chi connectivity index (χ0n) is 21.6. The predicted octanol–water partition coefficient (Wildman–Crippen LogP) is 3.77. The van der Waals surface area contributed by atoms with Crippen molar-refractivity contribution < 1.29 is 28.6 Å². The molecule has 0 spiro atoms. The fraction of sp³-hybridized carbons (Fsp3) is 0.538. The van der Waals surface area contributed by atoms with Crippen molar-refractivity contribution in [3.05, 3.63) is 33.9 Å². The van der Waals surface area contributed by atoms with Gasteiger partial charge in [0, 0.05) is 26.3 Å². The number of nitriles is 1. The molecule has 2 aliphatic rings. The number of carbonyl (C=O) groups is 2. The molecule has 1 saturated heterocycles. The standard InChI is InChI=1S/C26H31FN4O6/c1-14-13-36-23-20-16(22(32)17(24(33)34)12-31(14)20)10-18(27)21(23)30-9-7-15(11-30)19(6-8-28)29(5)25(35)37-26(2,3)4/h10,12,14-15,19H,6-7,9,11,13H2,1-5H3,(H,33,34)/t14-,15?,19?/m0/s1. The third-order valence-corrected chi connectivity index (χ3v) is 6.94. The van der Waals surface area contributed by atoms with Crippen LogP contribution in [0.25, 0.3) is 10.9 Å². The van der Waals surface area contributed by atoms with Crippen LogP contribution in [0.1, 0.15) is 56.9 Å². The van der Waals surface area contributed by atoms with Gasteiger partial charge in [-0.1, -0.05) is 0 Å². The van der Waals surface area contributed by atoms with E-state index < -0.39 is 40.5 Å². The lowest BCUT2D eigenvalue weighted by Crippen LogP contribution is -2.45. The number of hydrogen-bond acceptors (Lipinski definition) is 7. The number of ether oxygens (including phenoxy) is 2. The molecule has 10 nitrogen and oxygen atoms in total. The van der Waals surface area contributed by atoms with Gasteiger partial charge in [0.25, 0.3) is 0 Å². The lowest BCUT2D eigenvalue weighted by molar-refractivity contribution is 0.0177. The molecule has 2 unspecified atom stereocenters. The fourth-order valence-electron chi connectivity index (χ4n) is 5.15. The predicted molar refractivity (Wildman–Crippen MR) is 134 cm³/mol. The Labute approximate surface area is 213 Å². The van der Waals surface area contributed by atoms with Crippen molar-refractivity contribution in [1.82, 2.24) is 9.47 Å². The van der Waals surface area contributed by atoms with E-state index in [-0.39, 0.29) is 41.8 Å². The van der Waals surface area contributed by atoms with Gasteiger partial charge in [-0.05, 0) is 46.1 Å². The highest BCUT2D eigenvalue weighted by molar-refractivity contribution is 5.97. The number of carbonyl (C=O) groups excluding carboxylic acids is 1. The monoisotopic (exact) mass is 514 g/mol. The van der Waals surface area contributed by atoms with Gasteiger partial charge < -0.3 is 28.9 Å². The number of rotatable bonds is 5. The largest absolute Gasteiger partial charge is 0.487 e. The van der Waals surface area contributed by atoms with Gasteiger partial charge in [-0.25, -0.2) is 14.0 Å². The van der Waals surface area contributed by atoms with Crippen LogP contribution >= 0.6 is 0 Å². The van der Waals surface area contributed by atoms with Crippen LogP contribution in [-0.4, -0.2) is 65.0 Å². The summed E-state index contributed by atoms with van der Waals surface area (Å²) in [6.07, 6.45) is 1.44. The smallest absolute Gasteiger partial charge is 0.410 e. The number of hydrogen-bond donors (Lipinski definition) is 1. The molecule has 2 aromatic rings. The van der Waals surface area contributed by atoms with E-state index >= 15 is 4.39 Å². The zero-order chi connectivity index (χ0) is 27.2. The fourth-order valence-corrected chi connectivity index (χ4v) is 5.15. The van der Waals surface area contributed by atoms with Crippen LogP contribution in [-0.2, 0) is 4.74 Å². The maximum absolute atomic E-state index is 15.6. The molecule has 3 heterocycles. The van der Waals surface area contributed by atoms with Crippen LogP contribution in [0.3, 0.4) is 0 Å². The summed E-state index contributed by atoms with van der Waals surface area (Å²) in [6.45, 7) is 8.10. The van der Waals surface area contributed by atoms with Crippen LogP contribution in [0.15, 0.2) is 17.1 Å². The first kappa shape index (κ1) is 26.3. The molecule has 0 saturated carbocycles. The summed E-state index contributed by atoms with van der Waals surface area (Å²) in [4.78, 5) is 40.4. The first-order valence-electron chi connectivity index (χ1n) is 12.2. The molecule has 37 heavy (non-hydrogen) atoms. The summed E-state index contributed by atoms with van der Waals surface area (Å²) in [7, 11) is 1.60. The number of halogens is 1. The van der Waals surface area contributed by atoms with Crippen LogP contribution < -0.4 is 15.1 Å². The molecule has 2 aliphatic heterocycles. The highest BCUT2D eigenvalue weighted by Crippen LogP contribution is 2.44. The van der Waals surface area contributed by atoms with E-state index in [0.717, 1.165) is 6.07 Å². The van der Waals surface area contributed by atoms with Gasteiger partial charge in [-0.3, -0.25) is 4.79 Å². The third-order valence-electron chi connectivity index (χ3n) is 6.94. The van der Waals surface area contributed by atoms with Crippen molar-refractivity contribution >= 4 is 28.7 Å². The van der Waals surface area contributed by atoms with Crippen LogP contribution in [0.2, 0.25) is 0 Å². The van der Waals surface area contributed by atoms with Gasteiger partial charge in [0.15, 0.2) is 11.6 Å². The minimum Gasteiger partial charge on any atom is -0.487 e. The van der Waals surface area contributed by atoms with E-state index in [1.54, 1.807) is 37.3 Å². The number of anilines is 1. The van der Waals surface area contributed by atoms with Crippen molar-refractivity contribution in [3.8, 4) is 11.8 Å². The SMILES string of the molecule is C[C@H]1COc2c(N3CCC(C(CC#N)N(C)C(=O)OC(C)(C)C)C3)c(F)cc3c(=O)c(C(=O)O)cn1c23. The average Bonchev–Trinajstić information content (AvgIpc) is 3.28. The number of nitrogens with zero attached hydrogens (tertiary/aromatic N) is 4.